The average molecular weight is 160 g/mol. The highest BCUT2D eigenvalue weighted by Gasteiger charge is 2.38. The molecule has 3 rings (SSSR count). The molecule has 12 heavy (non-hydrogen) atoms. The second-order valence-corrected chi connectivity index (χ2v) is 3.96. The average Bonchev–Trinajstić information content (AvgIpc) is 2.63. The molecular weight excluding hydrogens is 148 g/mol. The van der Waals surface area contributed by atoms with Crippen LogP contribution >= 0.6 is 0 Å². The third-order valence-electron chi connectivity index (χ3n) is 3.23. The van der Waals surface area contributed by atoms with Crippen molar-refractivity contribution in [3.63, 3.8) is 0 Å². The van der Waals surface area contributed by atoms with E-state index in [-0.39, 0.29) is 0 Å². The fraction of sp³-hybridized carbons (Fsp3) is 0.600. The van der Waals surface area contributed by atoms with Gasteiger partial charge in [-0.2, -0.15) is 0 Å². The summed E-state index contributed by atoms with van der Waals surface area (Å²) in [5, 5.41) is 0. The van der Waals surface area contributed by atoms with Gasteiger partial charge in [-0.1, -0.05) is 0 Å². The van der Waals surface area contributed by atoms with Gasteiger partial charge >= 0.3 is 0 Å². The van der Waals surface area contributed by atoms with E-state index >= 15 is 0 Å². The number of nitrogens with zero attached hydrogens (tertiary/aromatic N) is 2. The Balaban J connectivity index is 2.20. The van der Waals surface area contributed by atoms with E-state index in [1.165, 1.54) is 30.5 Å². The van der Waals surface area contributed by atoms with E-state index in [2.05, 4.69) is 9.97 Å². The van der Waals surface area contributed by atoms with Gasteiger partial charge in [0, 0.05) is 12.1 Å². The molecule has 0 N–H and O–H groups in total. The minimum Gasteiger partial charge on any atom is -0.241 e. The highest BCUT2D eigenvalue weighted by Crippen LogP contribution is 2.51. The quantitative estimate of drug-likeness (QED) is 0.581. The number of aromatic nitrogens is 2. The molecular formula is C10H12N2. The summed E-state index contributed by atoms with van der Waals surface area (Å²) in [6.07, 6.45) is 6.10. The van der Waals surface area contributed by atoms with Crippen LogP contribution in [0.1, 0.15) is 48.2 Å². The molecule has 0 amide bonds. The largest absolute Gasteiger partial charge is 0.241 e. The molecule has 1 aromatic heterocycles. The van der Waals surface area contributed by atoms with Gasteiger partial charge in [0.1, 0.15) is 5.82 Å². The van der Waals surface area contributed by atoms with Gasteiger partial charge < -0.3 is 0 Å². The minimum atomic E-state index is 0.770. The number of aryl methyl sites for hydroxylation is 1. The highest BCUT2D eigenvalue weighted by molar-refractivity contribution is 5.34. The summed E-state index contributed by atoms with van der Waals surface area (Å²) in [6, 6.07) is 0. The topological polar surface area (TPSA) is 25.8 Å². The van der Waals surface area contributed by atoms with Gasteiger partial charge in [0.2, 0.25) is 0 Å². The third-order valence-corrected chi connectivity index (χ3v) is 3.23. The summed E-state index contributed by atoms with van der Waals surface area (Å²) >= 11 is 0. The zero-order valence-corrected chi connectivity index (χ0v) is 7.25. The first-order valence-electron chi connectivity index (χ1n) is 4.68. The van der Waals surface area contributed by atoms with Crippen LogP contribution in [0.25, 0.3) is 0 Å². The van der Waals surface area contributed by atoms with Crippen LogP contribution in [-0.2, 0) is 0 Å². The smallest absolute Gasteiger partial charge is 0.125 e. The summed E-state index contributed by atoms with van der Waals surface area (Å²) in [4.78, 5) is 8.78. The van der Waals surface area contributed by atoms with Gasteiger partial charge in [-0.25, -0.2) is 9.97 Å². The SMILES string of the molecule is Cc1ncc2c(n1)C1CCC2C1. The van der Waals surface area contributed by atoms with E-state index < -0.39 is 0 Å². The first-order chi connectivity index (χ1) is 5.84. The van der Waals surface area contributed by atoms with Gasteiger partial charge in [0.05, 0.1) is 5.69 Å². The van der Waals surface area contributed by atoms with Crippen LogP contribution in [0.5, 0.6) is 0 Å². The lowest BCUT2D eigenvalue weighted by Crippen LogP contribution is -2.03. The van der Waals surface area contributed by atoms with E-state index in [0.717, 1.165) is 17.7 Å². The lowest BCUT2D eigenvalue weighted by molar-refractivity contribution is 0.686. The van der Waals surface area contributed by atoms with Crippen LogP contribution in [0.3, 0.4) is 0 Å². The van der Waals surface area contributed by atoms with E-state index in [1.54, 1.807) is 0 Å². The van der Waals surface area contributed by atoms with Crippen molar-refractivity contribution < 1.29 is 0 Å². The van der Waals surface area contributed by atoms with Crippen LogP contribution in [0, 0.1) is 6.92 Å². The lowest BCUT2D eigenvalue weighted by atomic mass is 9.97. The molecule has 1 fully saturated rings. The Labute approximate surface area is 72.0 Å². The molecule has 1 saturated carbocycles. The molecule has 0 radical (unpaired) electrons. The molecule has 0 aromatic carbocycles. The van der Waals surface area contributed by atoms with Crippen molar-refractivity contribution >= 4 is 0 Å². The van der Waals surface area contributed by atoms with Crippen molar-refractivity contribution in [2.75, 3.05) is 0 Å². The van der Waals surface area contributed by atoms with Gasteiger partial charge in [0.15, 0.2) is 0 Å². The number of rotatable bonds is 0. The molecule has 2 atom stereocenters. The van der Waals surface area contributed by atoms with Gasteiger partial charge in [-0.3, -0.25) is 0 Å². The molecule has 62 valence electrons. The summed E-state index contributed by atoms with van der Waals surface area (Å²) < 4.78 is 0. The Kier molecular flexibility index (Phi) is 1.13. The minimum absolute atomic E-state index is 0.770. The summed E-state index contributed by atoms with van der Waals surface area (Å²) in [7, 11) is 0. The van der Waals surface area contributed by atoms with Crippen molar-refractivity contribution in [2.45, 2.75) is 38.0 Å². The first-order valence-corrected chi connectivity index (χ1v) is 4.68. The standard InChI is InChI=1S/C10H12N2/c1-6-11-5-9-7-2-3-8(4-7)10(9)12-6/h5,7-8H,2-4H2,1H3. The fourth-order valence-corrected chi connectivity index (χ4v) is 2.65. The Bertz CT molecular complexity index is 333. The molecule has 1 aromatic rings. The molecule has 2 aliphatic carbocycles. The predicted molar refractivity (Wildman–Crippen MR) is 46.1 cm³/mol. The Morgan fingerprint density at radius 3 is 3.08 bits per heavy atom. The molecule has 2 heteroatoms. The van der Waals surface area contributed by atoms with Crippen LogP contribution in [0.4, 0.5) is 0 Å². The predicted octanol–water partition coefficient (Wildman–Crippen LogP) is 2.15. The summed E-state index contributed by atoms with van der Waals surface area (Å²) in [5.41, 5.74) is 2.80. The number of hydrogen-bond acceptors (Lipinski definition) is 2. The molecule has 0 spiro atoms. The van der Waals surface area contributed by atoms with Gasteiger partial charge in [0.25, 0.3) is 0 Å². The molecule has 2 nitrogen and oxygen atoms in total. The van der Waals surface area contributed by atoms with Crippen molar-refractivity contribution in [1.29, 1.82) is 0 Å². The van der Waals surface area contributed by atoms with Crippen molar-refractivity contribution in [1.82, 2.24) is 9.97 Å². The molecule has 2 unspecified atom stereocenters. The van der Waals surface area contributed by atoms with E-state index in [4.69, 9.17) is 0 Å². The maximum absolute atomic E-state index is 4.53. The zero-order valence-electron chi connectivity index (χ0n) is 7.25. The normalized spacial score (nSPS) is 30.8. The fourth-order valence-electron chi connectivity index (χ4n) is 2.65. The molecule has 2 aliphatic rings. The van der Waals surface area contributed by atoms with Gasteiger partial charge in [-0.05, 0) is 37.7 Å². The van der Waals surface area contributed by atoms with Gasteiger partial charge in [-0.15, -0.1) is 0 Å². The van der Waals surface area contributed by atoms with E-state index in [1.807, 2.05) is 13.1 Å². The van der Waals surface area contributed by atoms with Crippen molar-refractivity contribution in [3.8, 4) is 0 Å². The summed E-state index contributed by atoms with van der Waals surface area (Å²) in [6.45, 7) is 1.98. The van der Waals surface area contributed by atoms with Crippen LogP contribution in [0.15, 0.2) is 6.20 Å². The maximum atomic E-state index is 4.53. The van der Waals surface area contributed by atoms with E-state index in [0.29, 0.717) is 0 Å². The van der Waals surface area contributed by atoms with Crippen LogP contribution in [0.2, 0.25) is 0 Å². The van der Waals surface area contributed by atoms with Crippen LogP contribution in [-0.4, -0.2) is 9.97 Å². The highest BCUT2D eigenvalue weighted by atomic mass is 14.9. The Morgan fingerprint density at radius 2 is 2.17 bits per heavy atom. The number of fused-ring (bicyclic) bond motifs is 5. The molecule has 1 heterocycles. The molecule has 0 saturated heterocycles. The van der Waals surface area contributed by atoms with Crippen LogP contribution < -0.4 is 0 Å². The second kappa shape index (κ2) is 2.06. The third kappa shape index (κ3) is 0.701. The Morgan fingerprint density at radius 1 is 1.33 bits per heavy atom. The maximum Gasteiger partial charge on any atom is 0.125 e. The zero-order chi connectivity index (χ0) is 8.13. The van der Waals surface area contributed by atoms with E-state index in [9.17, 15) is 0 Å². The first kappa shape index (κ1) is 6.58. The monoisotopic (exact) mass is 160 g/mol. The summed E-state index contributed by atoms with van der Waals surface area (Å²) in [5.74, 6) is 2.50. The molecule has 0 aliphatic heterocycles. The van der Waals surface area contributed by atoms with Crippen molar-refractivity contribution in [3.05, 3.63) is 23.3 Å². The Hall–Kier alpha value is -0.920. The molecule has 2 bridgehead atoms. The lowest BCUT2D eigenvalue weighted by Gasteiger charge is -2.12. The van der Waals surface area contributed by atoms with Crippen molar-refractivity contribution in [2.24, 2.45) is 0 Å². The second-order valence-electron chi connectivity index (χ2n) is 3.96. The number of hydrogen-bond donors (Lipinski definition) is 0.